The van der Waals surface area contributed by atoms with Crippen LogP contribution in [0.25, 0.3) is 0 Å². The Bertz CT molecular complexity index is 936. The quantitative estimate of drug-likeness (QED) is 0.807. The molecule has 1 aliphatic heterocycles. The van der Waals surface area contributed by atoms with Gasteiger partial charge in [-0.15, -0.1) is 0 Å². The van der Waals surface area contributed by atoms with Crippen molar-refractivity contribution < 1.29 is 14.3 Å². The highest BCUT2D eigenvalue weighted by Crippen LogP contribution is 2.34. The van der Waals surface area contributed by atoms with E-state index < -0.39 is 12.3 Å². The van der Waals surface area contributed by atoms with Gasteiger partial charge in [-0.1, -0.05) is 61.4 Å². The van der Waals surface area contributed by atoms with E-state index in [1.165, 1.54) is 0 Å². The first kappa shape index (κ1) is 20.1. The van der Waals surface area contributed by atoms with Gasteiger partial charge >= 0.3 is 6.09 Å². The molecule has 2 aliphatic rings. The third-order valence-corrected chi connectivity index (χ3v) is 5.76. The number of nitrogens with one attached hydrogen (secondary N) is 1. The molecule has 0 spiro atoms. The predicted molar refractivity (Wildman–Crippen MR) is 117 cm³/mol. The number of hydrogen-bond acceptors (Lipinski definition) is 4. The third kappa shape index (κ3) is 4.22. The Kier molecular flexibility index (Phi) is 6.12. The summed E-state index contributed by atoms with van der Waals surface area (Å²) in [5.41, 5.74) is 3.65. The Morgan fingerprint density at radius 1 is 1.10 bits per heavy atom. The maximum atomic E-state index is 13.3. The Hall–Kier alpha value is -3.15. The van der Waals surface area contributed by atoms with E-state index in [2.05, 4.69) is 5.32 Å². The lowest BCUT2D eigenvalue weighted by Gasteiger charge is -2.24. The molecule has 2 amide bonds. The number of benzodiazepines with no additional fused rings is 1. The van der Waals surface area contributed by atoms with E-state index in [1.54, 1.807) is 4.90 Å². The van der Waals surface area contributed by atoms with E-state index in [-0.39, 0.29) is 12.5 Å². The van der Waals surface area contributed by atoms with Gasteiger partial charge in [-0.2, -0.15) is 0 Å². The molecule has 0 bridgehead atoms. The van der Waals surface area contributed by atoms with Crippen molar-refractivity contribution in [2.75, 3.05) is 11.4 Å². The van der Waals surface area contributed by atoms with Gasteiger partial charge < -0.3 is 9.64 Å². The first-order valence-corrected chi connectivity index (χ1v) is 10.6. The van der Waals surface area contributed by atoms with Gasteiger partial charge in [0.1, 0.15) is 6.61 Å². The fourth-order valence-electron chi connectivity index (χ4n) is 4.28. The summed E-state index contributed by atoms with van der Waals surface area (Å²) in [6.07, 6.45) is 2.80. The molecule has 0 aromatic heterocycles. The molecule has 1 N–H and O–H groups in total. The molecule has 0 radical (unpaired) electrons. The molecule has 6 heteroatoms. The molecule has 1 aliphatic carbocycles. The second-order valence-electron chi connectivity index (χ2n) is 7.70. The fourth-order valence-corrected chi connectivity index (χ4v) is 4.28. The molecule has 1 saturated carbocycles. The average Bonchev–Trinajstić information content (AvgIpc) is 3.28. The Morgan fingerprint density at radius 2 is 1.80 bits per heavy atom. The number of hydrogen-bond donors (Lipinski definition) is 1. The maximum Gasteiger partial charge on any atom is 0.409 e. The number of aliphatic imine (C=N–C) groups is 1. The van der Waals surface area contributed by atoms with Crippen LogP contribution in [0.2, 0.25) is 0 Å². The first-order chi connectivity index (χ1) is 14.7. The second-order valence-corrected chi connectivity index (χ2v) is 7.70. The molecule has 1 fully saturated rings. The van der Waals surface area contributed by atoms with Gasteiger partial charge in [0.05, 0.1) is 11.4 Å². The van der Waals surface area contributed by atoms with Gasteiger partial charge in [0.15, 0.2) is 0 Å². The Labute approximate surface area is 176 Å². The number of anilines is 1. The lowest BCUT2D eigenvalue weighted by Crippen LogP contribution is -2.47. The highest BCUT2D eigenvalue weighted by atomic mass is 16.5. The molecule has 2 aromatic rings. The highest BCUT2D eigenvalue weighted by molar-refractivity contribution is 6.14. The van der Waals surface area contributed by atoms with Gasteiger partial charge in [-0.25, -0.2) is 4.79 Å². The number of likely N-dealkylation sites (N-methyl/N-ethyl adjacent to an activating group) is 1. The van der Waals surface area contributed by atoms with E-state index in [0.29, 0.717) is 12.5 Å². The minimum absolute atomic E-state index is 0.143. The molecule has 30 heavy (non-hydrogen) atoms. The van der Waals surface area contributed by atoms with Crippen molar-refractivity contribution in [1.29, 1.82) is 0 Å². The number of benzene rings is 2. The highest BCUT2D eigenvalue weighted by Gasteiger charge is 2.35. The van der Waals surface area contributed by atoms with Crippen LogP contribution in [0.4, 0.5) is 10.5 Å². The zero-order valence-corrected chi connectivity index (χ0v) is 17.2. The van der Waals surface area contributed by atoms with E-state index in [9.17, 15) is 9.59 Å². The number of ether oxygens (including phenoxy) is 1. The zero-order chi connectivity index (χ0) is 20.9. The lowest BCUT2D eigenvalue weighted by atomic mass is 9.94. The van der Waals surface area contributed by atoms with Crippen LogP contribution in [-0.4, -0.2) is 30.4 Å². The van der Waals surface area contributed by atoms with Gasteiger partial charge in [-0.3, -0.25) is 15.1 Å². The van der Waals surface area contributed by atoms with Crippen LogP contribution in [0.1, 0.15) is 43.7 Å². The number of carbonyl (C=O) groups is 2. The van der Waals surface area contributed by atoms with E-state index >= 15 is 0 Å². The summed E-state index contributed by atoms with van der Waals surface area (Å²) in [5, 5.41) is 2.69. The summed E-state index contributed by atoms with van der Waals surface area (Å²) in [5.74, 6) is 0.0648. The summed E-state index contributed by atoms with van der Waals surface area (Å²) in [4.78, 5) is 32.2. The van der Waals surface area contributed by atoms with E-state index in [1.807, 2.05) is 61.5 Å². The molecular weight excluding hydrogens is 378 g/mol. The minimum Gasteiger partial charge on any atom is -0.445 e. The van der Waals surface area contributed by atoms with E-state index in [4.69, 9.17) is 9.73 Å². The monoisotopic (exact) mass is 405 g/mol. The molecule has 2 aromatic carbocycles. The largest absolute Gasteiger partial charge is 0.445 e. The molecule has 1 atom stereocenters. The number of amides is 2. The summed E-state index contributed by atoms with van der Waals surface area (Å²) in [6, 6.07) is 17.3. The van der Waals surface area contributed by atoms with Gasteiger partial charge in [0.25, 0.3) is 5.91 Å². The van der Waals surface area contributed by atoms with Crippen LogP contribution in [0.15, 0.2) is 59.6 Å². The normalized spacial score (nSPS) is 19.1. The van der Waals surface area contributed by atoms with Crippen LogP contribution in [0.5, 0.6) is 0 Å². The number of fused-ring (bicyclic) bond motifs is 1. The summed E-state index contributed by atoms with van der Waals surface area (Å²) >= 11 is 0. The topological polar surface area (TPSA) is 71.0 Å². The van der Waals surface area contributed by atoms with Crippen LogP contribution in [0, 0.1) is 5.92 Å². The SMILES string of the molecule is CCN1C(=O)[C@@H](NC(=O)OCc2ccccc2)N=C(C2CCCC2)c2ccccc21. The van der Waals surface area contributed by atoms with Crippen molar-refractivity contribution in [2.24, 2.45) is 10.9 Å². The van der Waals surface area contributed by atoms with Crippen LogP contribution in [0.3, 0.4) is 0 Å². The minimum atomic E-state index is -0.990. The van der Waals surface area contributed by atoms with Crippen molar-refractivity contribution in [3.63, 3.8) is 0 Å². The number of rotatable bonds is 5. The molecule has 4 rings (SSSR count). The average molecular weight is 405 g/mol. The van der Waals surface area contributed by atoms with Gasteiger partial charge in [-0.05, 0) is 31.4 Å². The standard InChI is InChI=1S/C24H27N3O3/c1-2-27-20-15-9-8-14-19(20)21(18-12-6-7-13-18)25-22(23(27)28)26-24(29)30-16-17-10-4-3-5-11-17/h3-5,8-11,14-15,18,22H,2,6-7,12-13,16H2,1H3,(H,26,29)/t22-/m1/s1. The summed E-state index contributed by atoms with van der Waals surface area (Å²) in [7, 11) is 0. The Balaban J connectivity index is 1.59. The van der Waals surface area contributed by atoms with Crippen molar-refractivity contribution in [3.8, 4) is 0 Å². The van der Waals surface area contributed by atoms with Gasteiger partial charge in [0.2, 0.25) is 6.17 Å². The maximum absolute atomic E-state index is 13.3. The second kappa shape index (κ2) is 9.11. The molecule has 6 nitrogen and oxygen atoms in total. The van der Waals surface area contributed by atoms with Crippen LogP contribution in [-0.2, 0) is 16.1 Å². The Morgan fingerprint density at radius 3 is 2.53 bits per heavy atom. The summed E-state index contributed by atoms with van der Waals surface area (Å²) in [6.45, 7) is 2.57. The number of para-hydroxylation sites is 1. The third-order valence-electron chi connectivity index (χ3n) is 5.76. The number of carbonyl (C=O) groups excluding carboxylic acids is 2. The molecule has 0 saturated heterocycles. The van der Waals surface area contributed by atoms with Gasteiger partial charge in [0, 0.05) is 18.0 Å². The van der Waals surface area contributed by atoms with Crippen LogP contribution < -0.4 is 10.2 Å². The first-order valence-electron chi connectivity index (χ1n) is 10.6. The smallest absolute Gasteiger partial charge is 0.409 e. The molecule has 0 unspecified atom stereocenters. The lowest BCUT2D eigenvalue weighted by molar-refractivity contribution is -0.120. The van der Waals surface area contributed by atoms with Crippen molar-refractivity contribution >= 4 is 23.4 Å². The molecular formula is C24H27N3O3. The van der Waals surface area contributed by atoms with Crippen LogP contribution >= 0.6 is 0 Å². The fraction of sp³-hybridized carbons (Fsp3) is 0.375. The molecule has 1 heterocycles. The van der Waals surface area contributed by atoms with Crippen molar-refractivity contribution in [2.45, 2.75) is 45.4 Å². The zero-order valence-electron chi connectivity index (χ0n) is 17.2. The predicted octanol–water partition coefficient (Wildman–Crippen LogP) is 4.28. The van der Waals surface area contributed by atoms with Crippen molar-refractivity contribution in [1.82, 2.24) is 5.32 Å². The number of alkyl carbamates (subject to hydrolysis) is 1. The number of nitrogens with zero attached hydrogens (tertiary/aromatic N) is 2. The molecule has 156 valence electrons. The summed E-state index contributed by atoms with van der Waals surface area (Å²) < 4.78 is 5.34. The van der Waals surface area contributed by atoms with E-state index in [0.717, 1.165) is 48.2 Å². The van der Waals surface area contributed by atoms with Crippen molar-refractivity contribution in [3.05, 3.63) is 65.7 Å².